The lowest BCUT2D eigenvalue weighted by Crippen LogP contribution is -2.30. The van der Waals surface area contributed by atoms with E-state index < -0.39 is 0 Å². The van der Waals surface area contributed by atoms with Crippen LogP contribution in [0.3, 0.4) is 0 Å². The maximum absolute atomic E-state index is 12.4. The Bertz CT molecular complexity index is 1150. The lowest BCUT2D eigenvalue weighted by molar-refractivity contribution is -0.124. The summed E-state index contributed by atoms with van der Waals surface area (Å²) < 4.78 is 0. The van der Waals surface area contributed by atoms with Crippen LogP contribution in [0.1, 0.15) is 48.8 Å². The van der Waals surface area contributed by atoms with Gasteiger partial charge in [0.2, 0.25) is 11.8 Å². The van der Waals surface area contributed by atoms with Gasteiger partial charge in [0, 0.05) is 43.5 Å². The van der Waals surface area contributed by atoms with Crippen LogP contribution in [0.4, 0.5) is 11.5 Å². The molecule has 3 aromatic rings. The summed E-state index contributed by atoms with van der Waals surface area (Å²) in [5.41, 5.74) is 5.22. The summed E-state index contributed by atoms with van der Waals surface area (Å²) in [5, 5.41) is 6.86. The zero-order chi connectivity index (χ0) is 23.9. The first-order chi connectivity index (χ1) is 16.5. The zero-order valence-corrected chi connectivity index (χ0v) is 20.2. The molecule has 0 unspecified atom stereocenters. The average molecular weight is 459 g/mol. The maximum Gasteiger partial charge on any atom is 0.224 e. The minimum atomic E-state index is -0.163. The topological polar surface area (TPSA) is 74.3 Å². The van der Waals surface area contributed by atoms with Crippen molar-refractivity contribution in [3.05, 3.63) is 65.2 Å². The Hall–Kier alpha value is -3.41. The van der Waals surface area contributed by atoms with Crippen molar-refractivity contribution in [3.63, 3.8) is 0 Å². The molecule has 2 amide bonds. The molecule has 0 atom stereocenters. The van der Waals surface area contributed by atoms with Gasteiger partial charge in [0.1, 0.15) is 5.82 Å². The van der Waals surface area contributed by atoms with E-state index in [9.17, 15) is 9.59 Å². The summed E-state index contributed by atoms with van der Waals surface area (Å²) in [4.78, 5) is 31.7. The van der Waals surface area contributed by atoms with Crippen LogP contribution in [0.5, 0.6) is 0 Å². The number of carbonyl (C=O) groups is 2. The van der Waals surface area contributed by atoms with E-state index in [-0.39, 0.29) is 24.7 Å². The summed E-state index contributed by atoms with van der Waals surface area (Å²) >= 11 is 0. The van der Waals surface area contributed by atoms with E-state index in [1.54, 1.807) is 0 Å². The second-order valence-electron chi connectivity index (χ2n) is 9.21. The number of benzene rings is 2. The third kappa shape index (κ3) is 6.34. The fraction of sp³-hybridized carbons (Fsp3) is 0.393. The minimum absolute atomic E-state index is 0.106. The summed E-state index contributed by atoms with van der Waals surface area (Å²) in [5.74, 6) is 0.768. The molecule has 0 spiro atoms. The van der Waals surface area contributed by atoms with Crippen molar-refractivity contribution in [2.75, 3.05) is 29.9 Å². The highest BCUT2D eigenvalue weighted by Crippen LogP contribution is 2.27. The molecule has 6 heteroatoms. The second-order valence-corrected chi connectivity index (χ2v) is 9.21. The second kappa shape index (κ2) is 11.1. The van der Waals surface area contributed by atoms with E-state index >= 15 is 0 Å². The first-order valence-electron chi connectivity index (χ1n) is 12.3. The van der Waals surface area contributed by atoms with Crippen molar-refractivity contribution >= 4 is 34.2 Å². The van der Waals surface area contributed by atoms with Crippen LogP contribution in [0, 0.1) is 13.8 Å². The Morgan fingerprint density at radius 3 is 2.41 bits per heavy atom. The molecule has 34 heavy (non-hydrogen) atoms. The molecule has 1 fully saturated rings. The molecule has 1 aromatic heterocycles. The van der Waals surface area contributed by atoms with Crippen LogP contribution in [-0.4, -0.2) is 36.4 Å². The lowest BCUT2D eigenvalue weighted by Gasteiger charge is -2.28. The van der Waals surface area contributed by atoms with Gasteiger partial charge in [0.25, 0.3) is 0 Å². The number of fused-ring (bicyclic) bond motifs is 1. The van der Waals surface area contributed by atoms with Crippen LogP contribution < -0.4 is 15.5 Å². The van der Waals surface area contributed by atoms with E-state index in [0.29, 0.717) is 6.54 Å². The van der Waals surface area contributed by atoms with Gasteiger partial charge in [-0.15, -0.1) is 0 Å². The van der Waals surface area contributed by atoms with Crippen LogP contribution in [-0.2, 0) is 16.0 Å². The highest BCUT2D eigenvalue weighted by molar-refractivity contribution is 5.96. The van der Waals surface area contributed by atoms with Gasteiger partial charge in [0.15, 0.2) is 0 Å². The van der Waals surface area contributed by atoms with E-state index in [1.807, 2.05) is 18.2 Å². The first kappa shape index (κ1) is 23.7. The number of amides is 2. The van der Waals surface area contributed by atoms with E-state index in [0.717, 1.165) is 47.5 Å². The van der Waals surface area contributed by atoms with Crippen molar-refractivity contribution in [2.45, 2.75) is 52.4 Å². The van der Waals surface area contributed by atoms with Gasteiger partial charge >= 0.3 is 0 Å². The van der Waals surface area contributed by atoms with E-state index in [4.69, 9.17) is 4.98 Å². The van der Waals surface area contributed by atoms with Crippen LogP contribution in [0.2, 0.25) is 0 Å². The molecule has 178 valence electrons. The number of carbonyl (C=O) groups excluding carboxylic acids is 2. The Morgan fingerprint density at radius 2 is 1.65 bits per heavy atom. The minimum Gasteiger partial charge on any atom is -0.357 e. The van der Waals surface area contributed by atoms with Crippen LogP contribution in [0.25, 0.3) is 10.9 Å². The first-order valence-corrected chi connectivity index (χ1v) is 12.3. The third-order valence-corrected chi connectivity index (χ3v) is 6.40. The Labute approximate surface area is 201 Å². The summed E-state index contributed by atoms with van der Waals surface area (Å²) in [6.07, 6.45) is 4.83. The van der Waals surface area contributed by atoms with Crippen molar-refractivity contribution < 1.29 is 9.59 Å². The predicted molar refractivity (Wildman–Crippen MR) is 138 cm³/mol. The highest BCUT2D eigenvalue weighted by Gasteiger charge is 2.14. The van der Waals surface area contributed by atoms with Crippen molar-refractivity contribution in [3.8, 4) is 0 Å². The average Bonchev–Trinajstić information content (AvgIpc) is 2.85. The van der Waals surface area contributed by atoms with Gasteiger partial charge in [-0.2, -0.15) is 0 Å². The molecule has 0 saturated carbocycles. The molecule has 6 nitrogen and oxygen atoms in total. The monoisotopic (exact) mass is 458 g/mol. The normalized spacial score (nSPS) is 13.6. The predicted octanol–water partition coefficient (Wildman–Crippen LogP) is 4.92. The number of aryl methyl sites for hydroxylation is 2. The molecule has 4 rings (SSSR count). The molecule has 0 radical (unpaired) electrons. The van der Waals surface area contributed by atoms with Crippen molar-refractivity contribution in [1.82, 2.24) is 10.3 Å². The quantitative estimate of drug-likeness (QED) is 0.503. The lowest BCUT2D eigenvalue weighted by atomic mass is 10.1. The number of hydrogen-bond acceptors (Lipinski definition) is 4. The molecule has 2 heterocycles. The van der Waals surface area contributed by atoms with Gasteiger partial charge in [0.05, 0.1) is 5.52 Å². The number of pyridine rings is 1. The largest absolute Gasteiger partial charge is 0.357 e. The standard InChI is InChI=1S/C28H34N4O2/c1-20-6-8-22(9-7-20)14-15-29-27(33)12-13-28(34)30-23-10-11-25-24(19-23)21(2)18-26(31-25)32-16-4-3-5-17-32/h6-11,18-19H,3-5,12-17H2,1-2H3,(H,29,33)(H,30,34). The van der Waals surface area contributed by atoms with Gasteiger partial charge in [-0.25, -0.2) is 4.98 Å². The zero-order valence-electron chi connectivity index (χ0n) is 20.2. The van der Waals surface area contributed by atoms with Gasteiger partial charge < -0.3 is 15.5 Å². The Balaban J connectivity index is 1.27. The maximum atomic E-state index is 12.4. The number of rotatable bonds is 8. The third-order valence-electron chi connectivity index (χ3n) is 6.40. The van der Waals surface area contributed by atoms with Gasteiger partial charge in [-0.1, -0.05) is 29.8 Å². The van der Waals surface area contributed by atoms with Crippen molar-refractivity contribution in [2.24, 2.45) is 0 Å². The fourth-order valence-corrected chi connectivity index (χ4v) is 4.38. The smallest absolute Gasteiger partial charge is 0.224 e. The highest BCUT2D eigenvalue weighted by atomic mass is 16.2. The molecule has 0 aliphatic carbocycles. The SMILES string of the molecule is Cc1ccc(CCNC(=O)CCC(=O)Nc2ccc3nc(N4CCCCC4)cc(C)c3c2)cc1. The Kier molecular flexibility index (Phi) is 7.78. The molecule has 1 aliphatic rings. The molecular formula is C28H34N4O2. The molecule has 2 N–H and O–H groups in total. The van der Waals surface area contributed by atoms with Crippen molar-refractivity contribution in [1.29, 1.82) is 0 Å². The summed E-state index contributed by atoms with van der Waals surface area (Å²) in [7, 11) is 0. The number of nitrogens with one attached hydrogen (secondary N) is 2. The molecule has 1 aliphatic heterocycles. The number of aromatic nitrogens is 1. The number of piperidine rings is 1. The van der Waals surface area contributed by atoms with E-state index in [2.05, 4.69) is 59.7 Å². The van der Waals surface area contributed by atoms with Crippen LogP contribution >= 0.6 is 0 Å². The number of nitrogens with zero attached hydrogens (tertiary/aromatic N) is 2. The number of anilines is 2. The fourth-order valence-electron chi connectivity index (χ4n) is 4.38. The molecule has 0 bridgehead atoms. The molecule has 1 saturated heterocycles. The Morgan fingerprint density at radius 1 is 0.912 bits per heavy atom. The molecule has 2 aromatic carbocycles. The van der Waals surface area contributed by atoms with Gasteiger partial charge in [-0.05, 0) is 74.9 Å². The summed E-state index contributed by atoms with van der Waals surface area (Å²) in [6.45, 7) is 6.83. The van der Waals surface area contributed by atoms with Gasteiger partial charge in [-0.3, -0.25) is 9.59 Å². The van der Waals surface area contributed by atoms with Crippen LogP contribution in [0.15, 0.2) is 48.5 Å². The molecular weight excluding hydrogens is 424 g/mol. The number of hydrogen-bond donors (Lipinski definition) is 2. The van der Waals surface area contributed by atoms with E-state index in [1.165, 1.54) is 30.4 Å². The summed E-state index contributed by atoms with van der Waals surface area (Å²) in [6, 6.07) is 16.2.